The van der Waals surface area contributed by atoms with Gasteiger partial charge in [0, 0.05) is 37.1 Å². The van der Waals surface area contributed by atoms with Gasteiger partial charge in [0.1, 0.15) is 0 Å². The van der Waals surface area contributed by atoms with Gasteiger partial charge in [-0.15, -0.1) is 0 Å². The fourth-order valence-electron chi connectivity index (χ4n) is 2.66. The molecule has 1 aliphatic heterocycles. The Bertz CT molecular complexity index is 533. The quantitative estimate of drug-likeness (QED) is 0.853. The molecule has 2 N–H and O–H groups in total. The second-order valence-corrected chi connectivity index (χ2v) is 6.62. The summed E-state index contributed by atoms with van der Waals surface area (Å²) in [5.74, 6) is -0.0515. The molecule has 1 aromatic carbocycles. The molecule has 1 fully saturated rings. The van der Waals surface area contributed by atoms with Gasteiger partial charge < -0.3 is 15.5 Å². The van der Waals surface area contributed by atoms with Crippen LogP contribution in [0.5, 0.6) is 0 Å². The molecule has 2 atom stereocenters. The predicted molar refractivity (Wildman–Crippen MR) is 89.4 cm³/mol. The van der Waals surface area contributed by atoms with Crippen molar-refractivity contribution in [3.8, 4) is 0 Å². The van der Waals surface area contributed by atoms with E-state index in [1.807, 2.05) is 29.2 Å². The van der Waals surface area contributed by atoms with Crippen LogP contribution in [0, 0.1) is 0 Å². The zero-order valence-electron chi connectivity index (χ0n) is 12.9. The first-order valence-electron chi connectivity index (χ1n) is 7.49. The molecule has 0 saturated carbocycles. The zero-order valence-corrected chi connectivity index (χ0v) is 14.5. The molecule has 1 heterocycles. The Labute approximate surface area is 139 Å². The number of nitrogens with zero attached hydrogens (tertiary/aromatic N) is 1. The number of benzene rings is 1. The van der Waals surface area contributed by atoms with E-state index in [0.29, 0.717) is 12.6 Å². The summed E-state index contributed by atoms with van der Waals surface area (Å²) >= 11 is 3.40. The molecule has 2 amide bonds. The van der Waals surface area contributed by atoms with Crippen LogP contribution in [0.1, 0.15) is 31.9 Å². The molecule has 1 aliphatic rings. The van der Waals surface area contributed by atoms with Crippen molar-refractivity contribution in [3.63, 3.8) is 0 Å². The maximum atomic E-state index is 12.5. The first-order valence-corrected chi connectivity index (χ1v) is 8.28. The molecule has 1 saturated heterocycles. The van der Waals surface area contributed by atoms with Crippen LogP contribution in [0.15, 0.2) is 28.7 Å². The Morgan fingerprint density at radius 1 is 1.41 bits per heavy atom. The number of carbonyl (C=O) groups excluding carboxylic acids is 2. The van der Waals surface area contributed by atoms with Crippen molar-refractivity contribution in [1.82, 2.24) is 15.5 Å². The summed E-state index contributed by atoms with van der Waals surface area (Å²) in [6, 6.07) is 7.72. The minimum absolute atomic E-state index is 0.0787. The van der Waals surface area contributed by atoms with Crippen molar-refractivity contribution in [1.29, 1.82) is 0 Å². The van der Waals surface area contributed by atoms with Gasteiger partial charge in [-0.3, -0.25) is 9.59 Å². The van der Waals surface area contributed by atoms with Gasteiger partial charge in [0.25, 0.3) is 0 Å². The highest BCUT2D eigenvalue weighted by Crippen LogP contribution is 2.21. The van der Waals surface area contributed by atoms with Gasteiger partial charge in [-0.2, -0.15) is 0 Å². The third-order valence-electron chi connectivity index (χ3n) is 3.75. The van der Waals surface area contributed by atoms with Gasteiger partial charge in [0.05, 0.1) is 12.5 Å². The highest BCUT2D eigenvalue weighted by molar-refractivity contribution is 9.10. The second kappa shape index (κ2) is 7.74. The summed E-state index contributed by atoms with van der Waals surface area (Å²) in [6.07, 6.45) is 0.286. The van der Waals surface area contributed by atoms with E-state index < -0.39 is 0 Å². The van der Waals surface area contributed by atoms with Crippen molar-refractivity contribution in [2.45, 2.75) is 32.4 Å². The Morgan fingerprint density at radius 2 is 2.09 bits per heavy atom. The van der Waals surface area contributed by atoms with Gasteiger partial charge >= 0.3 is 0 Å². The van der Waals surface area contributed by atoms with Gasteiger partial charge in [-0.25, -0.2) is 0 Å². The molecule has 0 bridgehead atoms. The number of rotatable bonds is 4. The highest BCUT2D eigenvalue weighted by atomic mass is 79.9. The fourth-order valence-corrected chi connectivity index (χ4v) is 2.92. The molecular formula is C16H22BrN3O2. The molecular weight excluding hydrogens is 346 g/mol. The lowest BCUT2D eigenvalue weighted by Gasteiger charge is -2.33. The molecule has 0 spiro atoms. The van der Waals surface area contributed by atoms with Crippen molar-refractivity contribution in [2.24, 2.45) is 0 Å². The summed E-state index contributed by atoms with van der Waals surface area (Å²) in [5, 5.41) is 6.20. The average molecular weight is 368 g/mol. The lowest BCUT2D eigenvalue weighted by atomic mass is 10.0. The van der Waals surface area contributed by atoms with Crippen LogP contribution >= 0.6 is 15.9 Å². The van der Waals surface area contributed by atoms with E-state index in [9.17, 15) is 9.59 Å². The van der Waals surface area contributed by atoms with E-state index in [1.54, 1.807) is 0 Å². The Kier molecular flexibility index (Phi) is 5.97. The molecule has 1 aromatic rings. The SMILES string of the molecule is CC(=O)NC(CC(=O)N1CCNC(C)C1)c1ccc(Br)cc1. The van der Waals surface area contributed by atoms with Gasteiger partial charge in [-0.05, 0) is 24.6 Å². The first kappa shape index (κ1) is 17.0. The summed E-state index contributed by atoms with van der Waals surface area (Å²) < 4.78 is 0.972. The minimum atomic E-state index is -0.289. The first-order chi connectivity index (χ1) is 10.5. The van der Waals surface area contributed by atoms with Crippen LogP contribution < -0.4 is 10.6 Å². The standard InChI is InChI=1S/C16H22BrN3O2/c1-11-10-20(8-7-18-11)16(22)9-15(19-12(2)21)13-3-5-14(17)6-4-13/h3-6,11,15,18H,7-10H2,1-2H3,(H,19,21). The lowest BCUT2D eigenvalue weighted by Crippen LogP contribution is -2.51. The smallest absolute Gasteiger partial charge is 0.225 e. The number of nitrogens with one attached hydrogen (secondary N) is 2. The number of carbonyl (C=O) groups is 2. The third-order valence-corrected chi connectivity index (χ3v) is 4.28. The third kappa shape index (κ3) is 4.81. The van der Waals surface area contributed by atoms with Crippen LogP contribution in [0.2, 0.25) is 0 Å². The predicted octanol–water partition coefficient (Wildman–Crippen LogP) is 1.84. The van der Waals surface area contributed by atoms with E-state index in [0.717, 1.165) is 23.1 Å². The van der Waals surface area contributed by atoms with Crippen molar-refractivity contribution >= 4 is 27.7 Å². The molecule has 2 rings (SSSR count). The van der Waals surface area contributed by atoms with Crippen LogP contribution in [0.25, 0.3) is 0 Å². The molecule has 0 radical (unpaired) electrons. The Hall–Kier alpha value is -1.40. The summed E-state index contributed by atoms with van der Waals surface area (Å²) in [6.45, 7) is 5.79. The molecule has 2 unspecified atom stereocenters. The average Bonchev–Trinajstić information content (AvgIpc) is 2.47. The fraction of sp³-hybridized carbons (Fsp3) is 0.500. The lowest BCUT2D eigenvalue weighted by molar-refractivity contribution is -0.133. The number of piperazine rings is 1. The van der Waals surface area contributed by atoms with Crippen molar-refractivity contribution < 1.29 is 9.59 Å². The van der Waals surface area contributed by atoms with Crippen LogP contribution in [-0.2, 0) is 9.59 Å². The molecule has 120 valence electrons. The maximum absolute atomic E-state index is 12.5. The van der Waals surface area contributed by atoms with E-state index in [-0.39, 0.29) is 24.3 Å². The minimum Gasteiger partial charge on any atom is -0.349 e. The highest BCUT2D eigenvalue weighted by Gasteiger charge is 2.24. The van der Waals surface area contributed by atoms with E-state index in [4.69, 9.17) is 0 Å². The maximum Gasteiger partial charge on any atom is 0.225 e. The summed E-state index contributed by atoms with van der Waals surface area (Å²) in [5.41, 5.74) is 0.940. The van der Waals surface area contributed by atoms with Gasteiger partial charge in [0.2, 0.25) is 11.8 Å². The number of amides is 2. The zero-order chi connectivity index (χ0) is 16.1. The summed E-state index contributed by atoms with van der Waals surface area (Å²) in [7, 11) is 0. The van der Waals surface area contributed by atoms with E-state index in [2.05, 4.69) is 33.5 Å². The normalized spacial score (nSPS) is 19.6. The number of halogens is 1. The molecule has 22 heavy (non-hydrogen) atoms. The van der Waals surface area contributed by atoms with Crippen LogP contribution in [-0.4, -0.2) is 42.4 Å². The van der Waals surface area contributed by atoms with Gasteiger partial charge in [-0.1, -0.05) is 28.1 Å². The van der Waals surface area contributed by atoms with E-state index in [1.165, 1.54) is 6.92 Å². The molecule has 6 heteroatoms. The Balaban J connectivity index is 2.07. The molecule has 0 aromatic heterocycles. The topological polar surface area (TPSA) is 61.4 Å². The monoisotopic (exact) mass is 367 g/mol. The molecule has 5 nitrogen and oxygen atoms in total. The Morgan fingerprint density at radius 3 is 2.68 bits per heavy atom. The van der Waals surface area contributed by atoms with Gasteiger partial charge in [0.15, 0.2) is 0 Å². The second-order valence-electron chi connectivity index (χ2n) is 5.70. The number of hydrogen-bond donors (Lipinski definition) is 2. The van der Waals surface area contributed by atoms with Crippen LogP contribution in [0.3, 0.4) is 0 Å². The van der Waals surface area contributed by atoms with Crippen molar-refractivity contribution in [3.05, 3.63) is 34.3 Å². The van der Waals surface area contributed by atoms with E-state index >= 15 is 0 Å². The van der Waals surface area contributed by atoms with Crippen LogP contribution in [0.4, 0.5) is 0 Å². The number of hydrogen-bond acceptors (Lipinski definition) is 3. The summed E-state index contributed by atoms with van der Waals surface area (Å²) in [4.78, 5) is 25.8. The van der Waals surface area contributed by atoms with Crippen molar-refractivity contribution in [2.75, 3.05) is 19.6 Å². The largest absolute Gasteiger partial charge is 0.349 e. The molecule has 0 aliphatic carbocycles.